The van der Waals surface area contributed by atoms with Gasteiger partial charge in [-0.1, -0.05) is 24.3 Å². The molecule has 0 saturated carbocycles. The van der Waals surface area contributed by atoms with Gasteiger partial charge < -0.3 is 15.3 Å². The van der Waals surface area contributed by atoms with Crippen molar-refractivity contribution < 1.29 is 14.7 Å². The zero-order chi connectivity index (χ0) is 14.5. The molecule has 2 rings (SSSR count). The number of hydrogen-bond donors (Lipinski definition) is 2. The molecule has 0 fully saturated rings. The number of aliphatic carboxylic acids is 1. The first-order chi connectivity index (χ1) is 9.63. The van der Waals surface area contributed by atoms with Crippen LogP contribution < -0.4 is 5.32 Å². The summed E-state index contributed by atoms with van der Waals surface area (Å²) in [6.45, 7) is 1.28. The number of fused-ring (bicyclic) bond motifs is 1. The molecule has 1 aromatic rings. The van der Waals surface area contributed by atoms with Gasteiger partial charge in [0.15, 0.2) is 0 Å². The lowest BCUT2D eigenvalue weighted by molar-refractivity contribution is -0.139. The van der Waals surface area contributed by atoms with Crippen LogP contribution in [0.1, 0.15) is 17.0 Å². The minimum atomic E-state index is -0.890. The summed E-state index contributed by atoms with van der Waals surface area (Å²) in [6, 6.07) is 7.22. The third-order valence-electron chi connectivity index (χ3n) is 3.36. The van der Waals surface area contributed by atoms with E-state index >= 15 is 0 Å². The van der Waals surface area contributed by atoms with Crippen molar-refractivity contribution in [3.63, 3.8) is 0 Å². The van der Waals surface area contributed by atoms with Crippen molar-refractivity contribution >= 4 is 23.8 Å². The fourth-order valence-electron chi connectivity index (χ4n) is 2.34. The van der Waals surface area contributed by atoms with Crippen LogP contribution in [0.25, 0.3) is 0 Å². The molecule has 20 heavy (non-hydrogen) atoms. The van der Waals surface area contributed by atoms with Crippen molar-refractivity contribution in [2.24, 2.45) is 0 Å². The first-order valence-electron chi connectivity index (χ1n) is 6.45. The Hall–Kier alpha value is -1.69. The van der Waals surface area contributed by atoms with Gasteiger partial charge in [-0.15, -0.1) is 0 Å². The smallest absolute Gasteiger partial charge is 0.317 e. The van der Waals surface area contributed by atoms with E-state index in [2.05, 4.69) is 5.32 Å². The number of carbonyl (C=O) groups excluding carboxylic acids is 1. The molecule has 1 aliphatic rings. The molecule has 0 aliphatic carbocycles. The first kappa shape index (κ1) is 14.7. The van der Waals surface area contributed by atoms with Gasteiger partial charge in [-0.05, 0) is 17.4 Å². The summed E-state index contributed by atoms with van der Waals surface area (Å²) < 4.78 is 0. The zero-order valence-corrected chi connectivity index (χ0v) is 12.2. The van der Waals surface area contributed by atoms with E-state index in [0.29, 0.717) is 13.1 Å². The number of carboxylic acid groups (broad SMARTS) is 1. The van der Waals surface area contributed by atoms with E-state index in [-0.39, 0.29) is 12.6 Å². The number of rotatable bonds is 4. The summed E-state index contributed by atoms with van der Waals surface area (Å²) in [5.74, 6) is -0.691. The largest absolute Gasteiger partial charge is 0.481 e. The fourth-order valence-corrected chi connectivity index (χ4v) is 2.65. The number of amides is 2. The molecule has 5 nitrogen and oxygen atoms in total. The molecule has 2 amide bonds. The predicted octanol–water partition coefficient (Wildman–Crippen LogP) is 1.74. The van der Waals surface area contributed by atoms with Crippen molar-refractivity contribution in [2.75, 3.05) is 25.1 Å². The van der Waals surface area contributed by atoms with Gasteiger partial charge in [-0.25, -0.2) is 4.79 Å². The average Bonchev–Trinajstić information content (AvgIpc) is 2.46. The number of carboxylic acids is 1. The average molecular weight is 294 g/mol. The van der Waals surface area contributed by atoms with Gasteiger partial charge in [0.2, 0.25) is 0 Å². The maximum atomic E-state index is 12.1. The summed E-state index contributed by atoms with van der Waals surface area (Å²) >= 11 is 1.66. The minimum Gasteiger partial charge on any atom is -0.481 e. The molecule has 0 bridgehead atoms. The van der Waals surface area contributed by atoms with Gasteiger partial charge in [0.05, 0.1) is 5.92 Å². The highest BCUT2D eigenvalue weighted by Gasteiger charge is 2.32. The second kappa shape index (κ2) is 6.65. The third kappa shape index (κ3) is 3.25. The van der Waals surface area contributed by atoms with Crippen molar-refractivity contribution in [3.8, 4) is 0 Å². The number of urea groups is 1. The van der Waals surface area contributed by atoms with Gasteiger partial charge in [-0.2, -0.15) is 11.8 Å². The molecule has 6 heteroatoms. The molecule has 0 saturated heterocycles. The van der Waals surface area contributed by atoms with Crippen LogP contribution in [-0.2, 0) is 11.3 Å². The first-order valence-corrected chi connectivity index (χ1v) is 7.85. The van der Waals surface area contributed by atoms with Crippen LogP contribution in [0.5, 0.6) is 0 Å². The molecule has 108 valence electrons. The van der Waals surface area contributed by atoms with E-state index < -0.39 is 11.9 Å². The Morgan fingerprint density at radius 1 is 1.45 bits per heavy atom. The highest BCUT2D eigenvalue weighted by Crippen LogP contribution is 2.28. The zero-order valence-electron chi connectivity index (χ0n) is 11.3. The van der Waals surface area contributed by atoms with Gasteiger partial charge in [0.25, 0.3) is 0 Å². The van der Waals surface area contributed by atoms with E-state index in [1.165, 1.54) is 0 Å². The van der Waals surface area contributed by atoms with E-state index in [0.717, 1.165) is 16.9 Å². The molecular formula is C14H18N2O3S. The lowest BCUT2D eigenvalue weighted by Crippen LogP contribution is -2.46. The van der Waals surface area contributed by atoms with Crippen LogP contribution >= 0.6 is 11.8 Å². The van der Waals surface area contributed by atoms with Gasteiger partial charge in [0, 0.05) is 25.4 Å². The highest BCUT2D eigenvalue weighted by molar-refractivity contribution is 7.98. The Bertz CT molecular complexity index is 507. The number of carbonyl (C=O) groups is 2. The highest BCUT2D eigenvalue weighted by atomic mass is 32.2. The monoisotopic (exact) mass is 294 g/mol. The van der Waals surface area contributed by atoms with E-state index in [1.54, 1.807) is 16.7 Å². The molecule has 0 aromatic heterocycles. The van der Waals surface area contributed by atoms with E-state index in [1.807, 2.05) is 30.5 Å². The quantitative estimate of drug-likeness (QED) is 0.830. The van der Waals surface area contributed by atoms with Gasteiger partial charge >= 0.3 is 12.0 Å². The summed E-state index contributed by atoms with van der Waals surface area (Å²) in [5, 5.41) is 12.2. The summed E-state index contributed by atoms with van der Waals surface area (Å²) in [7, 11) is 0. The Morgan fingerprint density at radius 3 is 2.90 bits per heavy atom. The normalized spacial score (nSPS) is 17.4. The number of benzene rings is 1. The second-order valence-electron chi connectivity index (χ2n) is 4.69. The number of nitrogens with zero attached hydrogens (tertiary/aromatic N) is 1. The molecule has 0 radical (unpaired) electrons. The molecular weight excluding hydrogens is 276 g/mol. The molecule has 1 aromatic carbocycles. The van der Waals surface area contributed by atoms with Crippen LogP contribution in [-0.4, -0.2) is 47.1 Å². The van der Waals surface area contributed by atoms with Crippen molar-refractivity contribution in [1.82, 2.24) is 10.2 Å². The topological polar surface area (TPSA) is 69.6 Å². The lowest BCUT2D eigenvalue weighted by atomic mass is 9.90. The van der Waals surface area contributed by atoms with Crippen LogP contribution in [0.2, 0.25) is 0 Å². The van der Waals surface area contributed by atoms with E-state index in [9.17, 15) is 14.7 Å². The van der Waals surface area contributed by atoms with Crippen LogP contribution in [0.3, 0.4) is 0 Å². The van der Waals surface area contributed by atoms with E-state index in [4.69, 9.17) is 0 Å². The SMILES string of the molecule is CSCCNC(=O)N1Cc2ccccc2C(C(=O)O)C1. The van der Waals surface area contributed by atoms with Crippen molar-refractivity contribution in [1.29, 1.82) is 0 Å². The molecule has 1 aliphatic heterocycles. The molecule has 2 N–H and O–H groups in total. The number of hydrogen-bond acceptors (Lipinski definition) is 3. The fraction of sp³-hybridized carbons (Fsp3) is 0.429. The maximum Gasteiger partial charge on any atom is 0.317 e. The summed E-state index contributed by atoms with van der Waals surface area (Å²) in [4.78, 5) is 25.0. The van der Waals surface area contributed by atoms with Gasteiger partial charge in [-0.3, -0.25) is 4.79 Å². The molecule has 1 atom stereocenters. The van der Waals surface area contributed by atoms with Gasteiger partial charge in [0.1, 0.15) is 0 Å². The standard InChI is InChI=1S/C14H18N2O3S/c1-20-7-6-15-14(19)16-8-10-4-2-3-5-11(10)12(9-16)13(17)18/h2-5,12H,6-9H2,1H3,(H,15,19)(H,17,18). The second-order valence-corrected chi connectivity index (χ2v) is 5.68. The van der Waals surface area contributed by atoms with Crippen LogP contribution in [0.15, 0.2) is 24.3 Å². The van der Waals surface area contributed by atoms with Crippen molar-refractivity contribution in [2.45, 2.75) is 12.5 Å². The predicted molar refractivity (Wildman–Crippen MR) is 79.0 cm³/mol. The molecule has 1 heterocycles. The maximum absolute atomic E-state index is 12.1. The Kier molecular flexibility index (Phi) is 4.89. The van der Waals surface area contributed by atoms with Crippen LogP contribution in [0, 0.1) is 0 Å². The number of thioether (sulfide) groups is 1. The van der Waals surface area contributed by atoms with Crippen molar-refractivity contribution in [3.05, 3.63) is 35.4 Å². The third-order valence-corrected chi connectivity index (χ3v) is 3.97. The Balaban J connectivity index is 2.12. The lowest BCUT2D eigenvalue weighted by Gasteiger charge is -2.32. The molecule has 1 unspecified atom stereocenters. The molecule has 0 spiro atoms. The Labute approximate surface area is 122 Å². The summed E-state index contributed by atoms with van der Waals surface area (Å²) in [5.41, 5.74) is 1.72. The Morgan fingerprint density at radius 2 is 2.20 bits per heavy atom. The van der Waals surface area contributed by atoms with Crippen LogP contribution in [0.4, 0.5) is 4.79 Å². The summed E-state index contributed by atoms with van der Waals surface area (Å²) in [6.07, 6.45) is 1.98. The minimum absolute atomic E-state index is 0.195. The number of nitrogens with one attached hydrogen (secondary N) is 1.